The molecule has 0 bridgehead atoms. The number of nitrogens with one attached hydrogen (secondary N) is 1. The Hall–Kier alpha value is -1.75. The van der Waals surface area contributed by atoms with E-state index in [0.29, 0.717) is 6.04 Å². The van der Waals surface area contributed by atoms with Crippen LogP contribution in [0.15, 0.2) is 18.3 Å². The Balaban J connectivity index is 2.04. The lowest BCUT2D eigenvalue weighted by atomic mass is 9.74. The zero-order valence-electron chi connectivity index (χ0n) is 13.2. The van der Waals surface area contributed by atoms with Crippen LogP contribution in [-0.4, -0.2) is 26.5 Å². The second-order valence-electron chi connectivity index (χ2n) is 6.65. The van der Waals surface area contributed by atoms with E-state index in [1.54, 1.807) is 0 Å². The van der Waals surface area contributed by atoms with Gasteiger partial charge in [-0.2, -0.15) is 10.2 Å². The highest BCUT2D eigenvalue weighted by Gasteiger charge is 2.34. The zero-order chi connectivity index (χ0) is 15.0. The average Bonchev–Trinajstić information content (AvgIpc) is 2.82. The third-order valence-electron chi connectivity index (χ3n) is 4.13. The molecule has 2 aromatic rings. The highest BCUT2D eigenvalue weighted by Crippen LogP contribution is 2.41. The number of nitrogens with zero attached hydrogens (tertiary/aromatic N) is 4. The number of rotatable bonds is 3. The minimum absolute atomic E-state index is 0.260. The topological polar surface area (TPSA) is 55.6 Å². The Morgan fingerprint density at radius 1 is 1.33 bits per heavy atom. The average molecular weight is 285 g/mol. The van der Waals surface area contributed by atoms with Gasteiger partial charge in [0.25, 0.3) is 0 Å². The maximum Gasteiger partial charge on any atom is 0.175 e. The summed E-state index contributed by atoms with van der Waals surface area (Å²) in [6.07, 6.45) is 4.14. The van der Waals surface area contributed by atoms with Crippen molar-refractivity contribution < 1.29 is 0 Å². The van der Waals surface area contributed by atoms with E-state index in [4.69, 9.17) is 0 Å². The molecule has 0 aliphatic heterocycles. The molecule has 0 spiro atoms. The van der Waals surface area contributed by atoms with E-state index in [1.807, 2.05) is 29.9 Å². The van der Waals surface area contributed by atoms with Crippen molar-refractivity contribution >= 4 is 0 Å². The van der Waals surface area contributed by atoms with Gasteiger partial charge in [-0.1, -0.05) is 20.8 Å². The summed E-state index contributed by atoms with van der Waals surface area (Å²) in [5.74, 6) is 0.801. The first-order chi connectivity index (χ1) is 10.00. The third kappa shape index (κ3) is 2.70. The Bertz CT molecular complexity index is 627. The van der Waals surface area contributed by atoms with E-state index in [2.05, 4.69) is 41.4 Å². The van der Waals surface area contributed by atoms with Crippen molar-refractivity contribution in [2.75, 3.05) is 6.54 Å². The van der Waals surface area contributed by atoms with Gasteiger partial charge in [-0.15, -0.1) is 5.10 Å². The Morgan fingerprint density at radius 3 is 2.81 bits per heavy atom. The van der Waals surface area contributed by atoms with Crippen molar-refractivity contribution in [3.05, 3.63) is 35.3 Å². The van der Waals surface area contributed by atoms with Crippen LogP contribution in [0, 0.1) is 12.3 Å². The Labute approximate surface area is 125 Å². The largest absolute Gasteiger partial charge is 0.310 e. The standard InChI is InChI=1S/C16H23N5/c1-5-17-13-8-16(3,4)9-14-12(13)10-18-21(14)15-7-6-11(2)19-20-15/h6-7,10,13,17H,5,8-9H2,1-4H3. The van der Waals surface area contributed by atoms with Gasteiger partial charge in [0.05, 0.1) is 17.6 Å². The molecule has 5 nitrogen and oxygen atoms in total. The van der Waals surface area contributed by atoms with Gasteiger partial charge in [-0.3, -0.25) is 0 Å². The molecule has 0 saturated heterocycles. The molecule has 1 N–H and O–H groups in total. The quantitative estimate of drug-likeness (QED) is 0.942. The van der Waals surface area contributed by atoms with E-state index >= 15 is 0 Å². The summed E-state index contributed by atoms with van der Waals surface area (Å²) in [6, 6.07) is 4.34. The molecule has 21 heavy (non-hydrogen) atoms. The fraction of sp³-hybridized carbons (Fsp3) is 0.562. The van der Waals surface area contributed by atoms with E-state index in [-0.39, 0.29) is 5.41 Å². The first-order valence-electron chi connectivity index (χ1n) is 7.61. The summed E-state index contributed by atoms with van der Waals surface area (Å²) in [7, 11) is 0. The molecule has 0 amide bonds. The van der Waals surface area contributed by atoms with Gasteiger partial charge in [0.2, 0.25) is 0 Å². The molecule has 5 heteroatoms. The van der Waals surface area contributed by atoms with E-state index in [0.717, 1.165) is 30.9 Å². The van der Waals surface area contributed by atoms with E-state index < -0.39 is 0 Å². The molecular formula is C16H23N5. The molecule has 3 rings (SSSR count). The fourth-order valence-corrected chi connectivity index (χ4v) is 3.17. The summed E-state index contributed by atoms with van der Waals surface area (Å²) in [5, 5.41) is 16.6. The van der Waals surface area contributed by atoms with Gasteiger partial charge in [0.15, 0.2) is 5.82 Å². The van der Waals surface area contributed by atoms with Crippen molar-refractivity contribution in [1.29, 1.82) is 0 Å². The van der Waals surface area contributed by atoms with E-state index in [9.17, 15) is 0 Å². The molecule has 2 heterocycles. The van der Waals surface area contributed by atoms with Crippen LogP contribution in [0.4, 0.5) is 0 Å². The van der Waals surface area contributed by atoms with Crippen LogP contribution in [0.5, 0.6) is 0 Å². The SMILES string of the molecule is CCNC1CC(C)(C)Cc2c1cnn2-c1ccc(C)nn1. The molecule has 1 aliphatic rings. The second-order valence-corrected chi connectivity index (χ2v) is 6.65. The fourth-order valence-electron chi connectivity index (χ4n) is 3.17. The zero-order valence-corrected chi connectivity index (χ0v) is 13.2. The monoisotopic (exact) mass is 285 g/mol. The predicted molar refractivity (Wildman–Crippen MR) is 82.4 cm³/mol. The minimum atomic E-state index is 0.260. The second kappa shape index (κ2) is 5.22. The van der Waals surface area contributed by atoms with Gasteiger partial charge in [-0.25, -0.2) is 4.68 Å². The van der Waals surface area contributed by atoms with Gasteiger partial charge in [0, 0.05) is 11.6 Å². The molecule has 0 radical (unpaired) electrons. The van der Waals surface area contributed by atoms with Crippen molar-refractivity contribution in [3.63, 3.8) is 0 Å². The molecule has 1 atom stereocenters. The first kappa shape index (κ1) is 14.2. The van der Waals surface area contributed by atoms with Crippen molar-refractivity contribution in [1.82, 2.24) is 25.3 Å². The van der Waals surface area contributed by atoms with Crippen molar-refractivity contribution in [2.45, 2.75) is 46.6 Å². The van der Waals surface area contributed by atoms with Crippen LogP contribution < -0.4 is 5.32 Å². The first-order valence-corrected chi connectivity index (χ1v) is 7.61. The summed E-state index contributed by atoms with van der Waals surface area (Å²) in [6.45, 7) is 9.70. The highest BCUT2D eigenvalue weighted by atomic mass is 15.3. The number of fused-ring (bicyclic) bond motifs is 1. The van der Waals surface area contributed by atoms with Crippen LogP contribution in [0.3, 0.4) is 0 Å². The normalized spacial score (nSPS) is 20.3. The van der Waals surface area contributed by atoms with Gasteiger partial charge < -0.3 is 5.32 Å². The predicted octanol–water partition coefficient (Wildman–Crippen LogP) is 2.59. The van der Waals surface area contributed by atoms with E-state index in [1.165, 1.54) is 11.3 Å². The minimum Gasteiger partial charge on any atom is -0.310 e. The third-order valence-corrected chi connectivity index (χ3v) is 4.13. The molecule has 0 fully saturated rings. The number of aryl methyl sites for hydroxylation is 1. The van der Waals surface area contributed by atoms with Crippen molar-refractivity contribution in [2.24, 2.45) is 5.41 Å². The van der Waals surface area contributed by atoms with Crippen LogP contribution in [0.25, 0.3) is 5.82 Å². The summed E-state index contributed by atoms with van der Waals surface area (Å²) in [5.41, 5.74) is 3.75. The Kier molecular flexibility index (Phi) is 3.53. The number of hydrogen-bond acceptors (Lipinski definition) is 4. The molecule has 1 unspecified atom stereocenters. The van der Waals surface area contributed by atoms with Crippen LogP contribution >= 0.6 is 0 Å². The summed E-state index contributed by atoms with van der Waals surface area (Å²) >= 11 is 0. The smallest absolute Gasteiger partial charge is 0.175 e. The Morgan fingerprint density at radius 2 is 2.14 bits per heavy atom. The van der Waals surface area contributed by atoms with Gasteiger partial charge >= 0.3 is 0 Å². The van der Waals surface area contributed by atoms with Crippen LogP contribution in [0.2, 0.25) is 0 Å². The van der Waals surface area contributed by atoms with Crippen molar-refractivity contribution in [3.8, 4) is 5.82 Å². The molecule has 0 saturated carbocycles. The molecule has 0 aromatic carbocycles. The molecule has 1 aliphatic carbocycles. The maximum absolute atomic E-state index is 4.57. The number of hydrogen-bond donors (Lipinski definition) is 1. The van der Waals surface area contributed by atoms with Crippen LogP contribution in [0.1, 0.15) is 50.2 Å². The van der Waals surface area contributed by atoms with Gasteiger partial charge in [0.1, 0.15) is 0 Å². The lowest BCUT2D eigenvalue weighted by molar-refractivity contribution is 0.255. The molecule has 112 valence electrons. The maximum atomic E-state index is 4.57. The summed E-state index contributed by atoms with van der Waals surface area (Å²) in [4.78, 5) is 0. The summed E-state index contributed by atoms with van der Waals surface area (Å²) < 4.78 is 1.95. The number of aromatic nitrogens is 4. The lowest BCUT2D eigenvalue weighted by Crippen LogP contribution is -2.33. The van der Waals surface area contributed by atoms with Crippen LogP contribution in [-0.2, 0) is 6.42 Å². The molecular weight excluding hydrogens is 262 g/mol. The lowest BCUT2D eigenvalue weighted by Gasteiger charge is -2.35. The highest BCUT2D eigenvalue weighted by molar-refractivity contribution is 5.33. The van der Waals surface area contributed by atoms with Gasteiger partial charge in [-0.05, 0) is 43.9 Å². The molecule has 2 aromatic heterocycles.